The maximum absolute atomic E-state index is 5.16. The third-order valence-electron chi connectivity index (χ3n) is 11.7. The molecule has 0 atom stereocenters. The van der Waals surface area contributed by atoms with E-state index in [1.54, 1.807) is 0 Å². The first-order valence-electron chi connectivity index (χ1n) is 19.2. The highest BCUT2D eigenvalue weighted by Gasteiger charge is 2.18. The molecule has 0 aliphatic heterocycles. The monoisotopic (exact) mass is 711 g/mol. The minimum atomic E-state index is 0.911. The normalized spacial score (nSPS) is 11.9. The van der Waals surface area contributed by atoms with Gasteiger partial charge >= 0.3 is 0 Å². The van der Waals surface area contributed by atoms with E-state index in [1.165, 1.54) is 76.0 Å². The van der Waals surface area contributed by atoms with Crippen LogP contribution in [-0.2, 0) is 0 Å². The molecule has 0 aliphatic carbocycles. The molecule has 56 heavy (non-hydrogen) atoms. The van der Waals surface area contributed by atoms with Crippen LogP contribution in [0.25, 0.3) is 110 Å². The Labute approximate surface area is 322 Å². The number of rotatable bonds is 4. The van der Waals surface area contributed by atoms with Gasteiger partial charge in [0.25, 0.3) is 0 Å². The highest BCUT2D eigenvalue weighted by Crippen LogP contribution is 2.40. The van der Waals surface area contributed by atoms with Crippen LogP contribution in [0.2, 0.25) is 0 Å². The Hall–Kier alpha value is -7.49. The molecular weight excluding hydrogens is 679 g/mol. The Morgan fingerprint density at radius 1 is 0.268 bits per heavy atom. The molecule has 3 nitrogen and oxygen atoms in total. The number of pyridine rings is 1. The second-order valence-electron chi connectivity index (χ2n) is 14.7. The maximum atomic E-state index is 5.16. The molecule has 0 aliphatic rings. The molecular formula is C53H33N3. The molecule has 0 bridgehead atoms. The van der Waals surface area contributed by atoms with Crippen LogP contribution in [0.5, 0.6) is 0 Å². The standard InChI is InChI=1S/C53H33N3/c1-2-13-34(14-3-1)48-21-12-24-53(54-48)56-50-23-11-9-20-44(50)47-32-36(26-30-52(47)56)35-25-29-51-46(31-35)43-19-8-10-22-49(43)55(51)37-27-28-42-40-17-5-4-15-38(40)39-16-6-7-18-41(39)45(42)33-37/h1-33H. The van der Waals surface area contributed by atoms with Crippen molar-refractivity contribution in [3.05, 3.63) is 200 Å². The molecule has 0 unspecified atom stereocenters. The summed E-state index contributed by atoms with van der Waals surface area (Å²) in [6, 6.07) is 72.6. The van der Waals surface area contributed by atoms with Gasteiger partial charge in [-0.2, -0.15) is 0 Å². The molecule has 0 fully saturated rings. The molecule has 12 rings (SSSR count). The number of fused-ring (bicyclic) bond motifs is 12. The maximum Gasteiger partial charge on any atom is 0.138 e. The molecule has 3 heteroatoms. The lowest BCUT2D eigenvalue weighted by atomic mass is 9.94. The Balaban J connectivity index is 1.03. The summed E-state index contributed by atoms with van der Waals surface area (Å²) < 4.78 is 4.73. The first-order chi connectivity index (χ1) is 27.8. The number of hydrogen-bond acceptors (Lipinski definition) is 1. The van der Waals surface area contributed by atoms with E-state index < -0.39 is 0 Å². The van der Waals surface area contributed by atoms with Crippen molar-refractivity contribution in [2.45, 2.75) is 0 Å². The Morgan fingerprint density at radius 3 is 1.38 bits per heavy atom. The van der Waals surface area contributed by atoms with Crippen LogP contribution < -0.4 is 0 Å². The smallest absolute Gasteiger partial charge is 0.138 e. The van der Waals surface area contributed by atoms with Gasteiger partial charge in [0, 0.05) is 32.8 Å². The predicted molar refractivity (Wildman–Crippen MR) is 236 cm³/mol. The summed E-state index contributed by atoms with van der Waals surface area (Å²) in [5.41, 5.74) is 10.3. The molecule has 9 aromatic carbocycles. The van der Waals surface area contributed by atoms with Crippen LogP contribution in [-0.4, -0.2) is 14.1 Å². The number of para-hydroxylation sites is 2. The Kier molecular flexibility index (Phi) is 6.63. The van der Waals surface area contributed by atoms with Gasteiger partial charge in [0.1, 0.15) is 5.82 Å². The van der Waals surface area contributed by atoms with Gasteiger partial charge in [-0.05, 0) is 104 Å². The number of hydrogen-bond donors (Lipinski definition) is 0. The Morgan fingerprint density at radius 2 is 0.750 bits per heavy atom. The second-order valence-corrected chi connectivity index (χ2v) is 14.7. The van der Waals surface area contributed by atoms with Crippen LogP contribution in [0.4, 0.5) is 0 Å². The third kappa shape index (κ3) is 4.55. The van der Waals surface area contributed by atoms with Crippen LogP contribution in [0.15, 0.2) is 200 Å². The quantitative estimate of drug-likeness (QED) is 0.167. The van der Waals surface area contributed by atoms with Crippen molar-refractivity contribution in [2.75, 3.05) is 0 Å². The topological polar surface area (TPSA) is 22.8 Å². The van der Waals surface area contributed by atoms with Crippen molar-refractivity contribution in [2.24, 2.45) is 0 Å². The van der Waals surface area contributed by atoms with E-state index in [-0.39, 0.29) is 0 Å². The molecule has 0 N–H and O–H groups in total. The molecule has 0 saturated heterocycles. The van der Waals surface area contributed by atoms with E-state index in [0.717, 1.165) is 33.8 Å². The van der Waals surface area contributed by atoms with E-state index in [4.69, 9.17) is 4.98 Å². The van der Waals surface area contributed by atoms with Crippen LogP contribution >= 0.6 is 0 Å². The van der Waals surface area contributed by atoms with Crippen molar-refractivity contribution in [1.82, 2.24) is 14.1 Å². The van der Waals surface area contributed by atoms with Crippen LogP contribution in [0.1, 0.15) is 0 Å². The molecule has 260 valence electrons. The van der Waals surface area contributed by atoms with Crippen molar-refractivity contribution >= 4 is 75.9 Å². The fraction of sp³-hybridized carbons (Fsp3) is 0. The van der Waals surface area contributed by atoms with Gasteiger partial charge in [-0.3, -0.25) is 4.57 Å². The van der Waals surface area contributed by atoms with E-state index >= 15 is 0 Å². The van der Waals surface area contributed by atoms with E-state index in [2.05, 4.69) is 203 Å². The van der Waals surface area contributed by atoms with Crippen molar-refractivity contribution in [3.8, 4) is 33.9 Å². The number of nitrogens with zero attached hydrogens (tertiary/aromatic N) is 3. The lowest BCUT2D eigenvalue weighted by molar-refractivity contribution is 1.08. The summed E-state index contributed by atoms with van der Waals surface area (Å²) in [5.74, 6) is 0.911. The first-order valence-corrected chi connectivity index (χ1v) is 19.2. The summed E-state index contributed by atoms with van der Waals surface area (Å²) in [4.78, 5) is 5.16. The van der Waals surface area contributed by atoms with Gasteiger partial charge in [0.2, 0.25) is 0 Å². The molecule has 0 amide bonds. The van der Waals surface area contributed by atoms with Crippen LogP contribution in [0, 0.1) is 0 Å². The van der Waals surface area contributed by atoms with Crippen molar-refractivity contribution in [3.63, 3.8) is 0 Å². The lowest BCUT2D eigenvalue weighted by Crippen LogP contribution is -1.98. The highest BCUT2D eigenvalue weighted by atomic mass is 15.1. The highest BCUT2D eigenvalue weighted by molar-refractivity contribution is 6.25. The largest absolute Gasteiger partial charge is 0.309 e. The summed E-state index contributed by atoms with van der Waals surface area (Å²) in [7, 11) is 0. The summed E-state index contributed by atoms with van der Waals surface area (Å²) in [5, 5.41) is 12.6. The van der Waals surface area contributed by atoms with E-state index in [9.17, 15) is 0 Å². The minimum Gasteiger partial charge on any atom is -0.309 e. The zero-order chi connectivity index (χ0) is 36.7. The van der Waals surface area contributed by atoms with Gasteiger partial charge in [-0.15, -0.1) is 0 Å². The minimum absolute atomic E-state index is 0.911. The van der Waals surface area contributed by atoms with E-state index in [0.29, 0.717) is 0 Å². The second kappa shape index (κ2) is 12.0. The average Bonchev–Trinajstić information content (AvgIpc) is 3.79. The first kappa shape index (κ1) is 30.9. The molecule has 0 radical (unpaired) electrons. The molecule has 3 aromatic heterocycles. The number of benzene rings is 9. The third-order valence-corrected chi connectivity index (χ3v) is 11.7. The van der Waals surface area contributed by atoms with Crippen molar-refractivity contribution in [1.29, 1.82) is 0 Å². The summed E-state index contributed by atoms with van der Waals surface area (Å²) >= 11 is 0. The molecule has 3 heterocycles. The van der Waals surface area contributed by atoms with Gasteiger partial charge in [0.05, 0.1) is 27.8 Å². The van der Waals surface area contributed by atoms with Gasteiger partial charge in [-0.25, -0.2) is 4.98 Å². The van der Waals surface area contributed by atoms with Gasteiger partial charge in [-0.1, -0.05) is 140 Å². The van der Waals surface area contributed by atoms with Gasteiger partial charge in [0.15, 0.2) is 0 Å². The molecule has 12 aromatic rings. The average molecular weight is 712 g/mol. The van der Waals surface area contributed by atoms with Crippen LogP contribution in [0.3, 0.4) is 0 Å². The molecule has 0 saturated carbocycles. The SMILES string of the molecule is c1ccc(-c2cccc(-n3c4ccccc4c4cc(-c5ccc6c(c5)c5ccccc5n6-c5ccc6c7ccccc7c7ccccc7c6c5)ccc43)n2)cc1. The zero-order valence-electron chi connectivity index (χ0n) is 30.4. The molecule has 0 spiro atoms. The summed E-state index contributed by atoms with van der Waals surface area (Å²) in [6.07, 6.45) is 0. The fourth-order valence-electron chi connectivity index (χ4n) is 9.18. The van der Waals surface area contributed by atoms with Gasteiger partial charge < -0.3 is 4.57 Å². The lowest BCUT2D eigenvalue weighted by Gasteiger charge is -2.14. The Bertz CT molecular complexity index is 3500. The van der Waals surface area contributed by atoms with Crippen molar-refractivity contribution < 1.29 is 0 Å². The predicted octanol–water partition coefficient (Wildman–Crippen LogP) is 14.1. The zero-order valence-corrected chi connectivity index (χ0v) is 30.4. The number of aromatic nitrogens is 3. The van der Waals surface area contributed by atoms with E-state index in [1.807, 2.05) is 6.07 Å². The summed E-state index contributed by atoms with van der Waals surface area (Å²) in [6.45, 7) is 0. The fourth-order valence-corrected chi connectivity index (χ4v) is 9.18.